The first-order valence-electron chi connectivity index (χ1n) is 11.2. The molecule has 1 aliphatic rings. The lowest BCUT2D eigenvalue weighted by atomic mass is 9.95. The number of nitrogens with one attached hydrogen (secondary N) is 2. The van der Waals surface area contributed by atoms with Crippen LogP contribution in [-0.2, 0) is 19.6 Å². The van der Waals surface area contributed by atoms with Gasteiger partial charge in [0.1, 0.15) is 0 Å². The van der Waals surface area contributed by atoms with Gasteiger partial charge < -0.3 is 15.0 Å². The van der Waals surface area contributed by atoms with E-state index in [1.807, 2.05) is 37.8 Å². The number of hydrogen-bond donors (Lipinski definition) is 2. The van der Waals surface area contributed by atoms with Crippen LogP contribution < -0.4 is 10.0 Å². The number of rotatable bonds is 7. The van der Waals surface area contributed by atoms with Crippen LogP contribution in [0, 0.1) is 20.8 Å². The molecule has 0 saturated carbocycles. The third kappa shape index (κ3) is 5.10. The summed E-state index contributed by atoms with van der Waals surface area (Å²) in [6.07, 6.45) is 0. The van der Waals surface area contributed by atoms with Gasteiger partial charge in [-0.25, -0.2) is 13.2 Å². The van der Waals surface area contributed by atoms with Crippen molar-refractivity contribution < 1.29 is 17.9 Å². The summed E-state index contributed by atoms with van der Waals surface area (Å²) in [5.41, 5.74) is 4.82. The standard InChI is InChI=1S/C25H31N3O4S2/c1-7-28-18(6)21(24(29)32-8-2)22(26-25(28)33)19-9-11-20(12-10-19)27-34(30,31)23-16(4)13-15(3)14-17(23)5/h9-14,22,27H,7-8H2,1-6H3,(H,26,33). The van der Waals surface area contributed by atoms with Crippen LogP contribution in [0.4, 0.5) is 5.69 Å². The Morgan fingerprint density at radius 3 is 2.21 bits per heavy atom. The second-order valence-corrected chi connectivity index (χ2v) is 10.3. The summed E-state index contributed by atoms with van der Waals surface area (Å²) in [6.45, 7) is 12.0. The first kappa shape index (κ1) is 25.7. The Kier molecular flexibility index (Phi) is 7.67. The van der Waals surface area contributed by atoms with Crippen molar-refractivity contribution in [3.63, 3.8) is 0 Å². The van der Waals surface area contributed by atoms with Crippen molar-refractivity contribution >= 4 is 39.0 Å². The van der Waals surface area contributed by atoms with E-state index in [1.54, 1.807) is 45.0 Å². The second-order valence-electron chi connectivity index (χ2n) is 8.30. The highest BCUT2D eigenvalue weighted by Gasteiger charge is 2.34. The number of allylic oxidation sites excluding steroid dienone is 1. The fourth-order valence-electron chi connectivity index (χ4n) is 4.43. The van der Waals surface area contributed by atoms with Crippen molar-refractivity contribution in [3.8, 4) is 0 Å². The summed E-state index contributed by atoms with van der Waals surface area (Å²) in [5.74, 6) is -0.409. The normalized spacial score (nSPS) is 16.4. The fourth-order valence-corrected chi connectivity index (χ4v) is 6.32. The summed E-state index contributed by atoms with van der Waals surface area (Å²) in [6, 6.07) is 10.1. The smallest absolute Gasteiger partial charge is 0.338 e. The molecule has 34 heavy (non-hydrogen) atoms. The van der Waals surface area contributed by atoms with Gasteiger partial charge in [0, 0.05) is 17.9 Å². The van der Waals surface area contributed by atoms with Crippen molar-refractivity contribution in [1.29, 1.82) is 0 Å². The van der Waals surface area contributed by atoms with Crippen LogP contribution in [0.1, 0.15) is 49.1 Å². The number of benzene rings is 2. The van der Waals surface area contributed by atoms with Crippen LogP contribution in [0.25, 0.3) is 0 Å². The van der Waals surface area contributed by atoms with Crippen LogP contribution in [0.2, 0.25) is 0 Å². The van der Waals surface area contributed by atoms with Gasteiger partial charge in [-0.15, -0.1) is 0 Å². The number of sulfonamides is 1. The average molecular weight is 502 g/mol. The molecule has 0 spiro atoms. The molecule has 1 aliphatic heterocycles. The number of esters is 1. The lowest BCUT2D eigenvalue weighted by Crippen LogP contribution is -2.47. The van der Waals surface area contributed by atoms with Crippen molar-refractivity contribution in [1.82, 2.24) is 10.2 Å². The van der Waals surface area contributed by atoms with Crippen molar-refractivity contribution in [2.24, 2.45) is 0 Å². The zero-order valence-electron chi connectivity index (χ0n) is 20.4. The number of hydrogen-bond acceptors (Lipinski definition) is 5. The molecule has 0 bridgehead atoms. The molecule has 1 atom stereocenters. The number of anilines is 1. The highest BCUT2D eigenvalue weighted by molar-refractivity contribution is 7.92. The summed E-state index contributed by atoms with van der Waals surface area (Å²) in [4.78, 5) is 14.9. The molecule has 2 aromatic rings. The number of nitrogens with zero attached hydrogens (tertiary/aromatic N) is 1. The van der Waals surface area contributed by atoms with Crippen molar-refractivity contribution in [2.45, 2.75) is 52.5 Å². The summed E-state index contributed by atoms with van der Waals surface area (Å²) in [7, 11) is -3.77. The van der Waals surface area contributed by atoms with Gasteiger partial charge in [0.25, 0.3) is 10.0 Å². The van der Waals surface area contributed by atoms with Gasteiger partial charge in [0.15, 0.2) is 5.11 Å². The van der Waals surface area contributed by atoms with Gasteiger partial charge in [-0.1, -0.05) is 29.8 Å². The fraction of sp³-hybridized carbons (Fsp3) is 0.360. The minimum absolute atomic E-state index is 0.261. The Balaban J connectivity index is 1.93. The number of aryl methyl sites for hydroxylation is 3. The molecule has 2 aromatic carbocycles. The van der Waals surface area contributed by atoms with Crippen LogP contribution in [0.15, 0.2) is 52.6 Å². The maximum absolute atomic E-state index is 13.1. The Morgan fingerprint density at radius 2 is 1.68 bits per heavy atom. The maximum atomic E-state index is 13.1. The number of ether oxygens (including phenoxy) is 1. The third-order valence-electron chi connectivity index (χ3n) is 5.78. The largest absolute Gasteiger partial charge is 0.463 e. The predicted octanol–water partition coefficient (Wildman–Crippen LogP) is 4.50. The van der Waals surface area contributed by atoms with Crippen LogP contribution in [0.3, 0.4) is 0 Å². The van der Waals surface area contributed by atoms with Gasteiger partial charge in [-0.05, 0) is 82.6 Å². The van der Waals surface area contributed by atoms with Crippen LogP contribution in [-0.4, -0.2) is 37.6 Å². The van der Waals surface area contributed by atoms with Crippen LogP contribution >= 0.6 is 12.2 Å². The Labute approximate surface area is 207 Å². The summed E-state index contributed by atoms with van der Waals surface area (Å²) in [5, 5.41) is 3.75. The molecule has 9 heteroatoms. The SMILES string of the molecule is CCOC(=O)C1=C(C)N(CC)C(=S)NC1c1ccc(NS(=O)(=O)c2c(C)cc(C)cc2C)cc1. The van der Waals surface area contributed by atoms with E-state index in [0.717, 1.165) is 16.8 Å². The Hall–Kier alpha value is -2.91. The van der Waals surface area contributed by atoms with Gasteiger partial charge >= 0.3 is 5.97 Å². The minimum Gasteiger partial charge on any atom is -0.463 e. The Bertz CT molecular complexity index is 1230. The molecule has 3 rings (SSSR count). The molecule has 0 aliphatic carbocycles. The molecule has 0 amide bonds. The van der Waals surface area contributed by atoms with Crippen LogP contribution in [0.5, 0.6) is 0 Å². The van der Waals surface area contributed by atoms with Crippen molar-refractivity contribution in [3.05, 3.63) is 69.9 Å². The van der Waals surface area contributed by atoms with E-state index in [9.17, 15) is 13.2 Å². The number of carbonyl (C=O) groups excluding carboxylic acids is 1. The van der Waals surface area contributed by atoms with Gasteiger partial charge in [0.2, 0.25) is 0 Å². The highest BCUT2D eigenvalue weighted by Crippen LogP contribution is 2.32. The first-order chi connectivity index (χ1) is 16.0. The van der Waals surface area contributed by atoms with E-state index >= 15 is 0 Å². The van der Waals surface area contributed by atoms with E-state index in [-0.39, 0.29) is 11.5 Å². The van der Waals surface area contributed by atoms with E-state index in [4.69, 9.17) is 17.0 Å². The second kappa shape index (κ2) is 10.1. The molecule has 182 valence electrons. The number of carbonyl (C=O) groups is 1. The summed E-state index contributed by atoms with van der Waals surface area (Å²) < 4.78 is 34.2. The maximum Gasteiger partial charge on any atom is 0.338 e. The molecule has 0 aromatic heterocycles. The molecule has 7 nitrogen and oxygen atoms in total. The first-order valence-corrected chi connectivity index (χ1v) is 13.1. The van der Waals surface area contributed by atoms with E-state index in [0.29, 0.717) is 34.0 Å². The lowest BCUT2D eigenvalue weighted by Gasteiger charge is -2.37. The summed E-state index contributed by atoms with van der Waals surface area (Å²) >= 11 is 5.51. The van der Waals surface area contributed by atoms with E-state index in [1.165, 1.54) is 0 Å². The molecule has 0 radical (unpaired) electrons. The molecule has 0 saturated heterocycles. The van der Waals surface area contributed by atoms with Gasteiger partial charge in [0.05, 0.1) is 23.1 Å². The molecule has 0 fully saturated rings. The minimum atomic E-state index is -3.77. The quantitative estimate of drug-likeness (QED) is 0.427. The molecular weight excluding hydrogens is 470 g/mol. The Morgan fingerprint density at radius 1 is 1.09 bits per heavy atom. The lowest BCUT2D eigenvalue weighted by molar-refractivity contribution is -0.139. The molecule has 1 unspecified atom stereocenters. The van der Waals surface area contributed by atoms with Gasteiger partial charge in [-0.2, -0.15) is 0 Å². The van der Waals surface area contributed by atoms with E-state index < -0.39 is 22.0 Å². The topological polar surface area (TPSA) is 87.7 Å². The number of thiocarbonyl (C=S) groups is 1. The monoisotopic (exact) mass is 501 g/mol. The zero-order chi connectivity index (χ0) is 25.2. The molecular formula is C25H31N3O4S2. The third-order valence-corrected chi connectivity index (χ3v) is 7.80. The zero-order valence-corrected chi connectivity index (χ0v) is 22.0. The van der Waals surface area contributed by atoms with Crippen molar-refractivity contribution in [2.75, 3.05) is 17.9 Å². The van der Waals surface area contributed by atoms with Gasteiger partial charge in [-0.3, -0.25) is 4.72 Å². The predicted molar refractivity (Wildman–Crippen MR) is 138 cm³/mol. The van der Waals surface area contributed by atoms with E-state index in [2.05, 4.69) is 10.0 Å². The highest BCUT2D eigenvalue weighted by atomic mass is 32.2. The average Bonchev–Trinajstić information content (AvgIpc) is 2.73. The molecule has 2 N–H and O–H groups in total. The molecule has 1 heterocycles.